The van der Waals surface area contributed by atoms with Crippen LogP contribution in [0.15, 0.2) is 36.4 Å². The standard InChI is InChI=1S/C22H26ClF2N3O3/c1-30-10-9-28-8-7-20(27-22(29)26-15-5-3-14(23)4-6-15)17(13-28)21-18(24)11-16(31-2)12-19(21)25/h3-6,11-12,17,20H,7-10,13H2,1-2H3,(H2,26,27,29)/t17-,20-/m1/s1. The van der Waals surface area contributed by atoms with Gasteiger partial charge in [0.05, 0.1) is 13.7 Å². The Morgan fingerprint density at radius 1 is 1.19 bits per heavy atom. The molecular formula is C22H26ClF2N3O3. The molecule has 2 atom stereocenters. The monoisotopic (exact) mass is 453 g/mol. The zero-order valence-electron chi connectivity index (χ0n) is 17.5. The van der Waals surface area contributed by atoms with Crippen LogP contribution in [0.1, 0.15) is 17.9 Å². The Labute approximate surface area is 185 Å². The number of hydrogen-bond acceptors (Lipinski definition) is 4. The minimum absolute atomic E-state index is 0.0558. The summed E-state index contributed by atoms with van der Waals surface area (Å²) in [6, 6.07) is 8.10. The number of methoxy groups -OCH3 is 2. The van der Waals surface area contributed by atoms with Crippen molar-refractivity contribution in [3.8, 4) is 5.75 Å². The van der Waals surface area contributed by atoms with Gasteiger partial charge in [-0.1, -0.05) is 11.6 Å². The number of nitrogens with one attached hydrogen (secondary N) is 2. The second kappa shape index (κ2) is 10.7. The molecule has 0 unspecified atom stereocenters. The number of anilines is 1. The lowest BCUT2D eigenvalue weighted by molar-refractivity contribution is 0.116. The van der Waals surface area contributed by atoms with E-state index in [4.69, 9.17) is 21.1 Å². The van der Waals surface area contributed by atoms with Gasteiger partial charge in [-0.05, 0) is 30.7 Å². The first kappa shape index (κ1) is 23.2. The Kier molecular flexibility index (Phi) is 8.06. The maximum absolute atomic E-state index is 14.9. The molecule has 0 spiro atoms. The predicted molar refractivity (Wildman–Crippen MR) is 116 cm³/mol. The first-order valence-corrected chi connectivity index (χ1v) is 10.4. The summed E-state index contributed by atoms with van der Waals surface area (Å²) >= 11 is 5.87. The van der Waals surface area contributed by atoms with E-state index in [-0.39, 0.29) is 11.3 Å². The van der Waals surface area contributed by atoms with Crippen LogP contribution in [0.4, 0.5) is 19.3 Å². The number of nitrogens with zero attached hydrogens (tertiary/aromatic N) is 1. The molecule has 1 heterocycles. The van der Waals surface area contributed by atoms with E-state index in [1.165, 1.54) is 7.11 Å². The van der Waals surface area contributed by atoms with Crippen LogP contribution >= 0.6 is 11.6 Å². The number of urea groups is 1. The minimum Gasteiger partial charge on any atom is -0.497 e. The fourth-order valence-electron chi connectivity index (χ4n) is 3.81. The molecule has 9 heteroatoms. The lowest BCUT2D eigenvalue weighted by Gasteiger charge is -2.39. The fourth-order valence-corrected chi connectivity index (χ4v) is 3.94. The Bertz CT molecular complexity index is 875. The molecule has 168 valence electrons. The van der Waals surface area contributed by atoms with Crippen molar-refractivity contribution in [1.29, 1.82) is 0 Å². The number of hydrogen-bond donors (Lipinski definition) is 2. The van der Waals surface area contributed by atoms with E-state index < -0.39 is 29.6 Å². The molecule has 2 N–H and O–H groups in total. The lowest BCUT2D eigenvalue weighted by atomic mass is 9.85. The maximum atomic E-state index is 14.9. The van der Waals surface area contributed by atoms with Crippen molar-refractivity contribution in [3.05, 3.63) is 58.6 Å². The Hall–Kier alpha value is -2.42. The summed E-state index contributed by atoms with van der Waals surface area (Å²) in [5, 5.41) is 6.17. The van der Waals surface area contributed by atoms with Gasteiger partial charge in [0.25, 0.3) is 0 Å². The summed E-state index contributed by atoms with van der Waals surface area (Å²) in [5.74, 6) is -1.86. The highest BCUT2D eigenvalue weighted by Gasteiger charge is 2.35. The van der Waals surface area contributed by atoms with Gasteiger partial charge < -0.3 is 25.0 Å². The van der Waals surface area contributed by atoms with Gasteiger partial charge in [0, 0.05) is 67.1 Å². The van der Waals surface area contributed by atoms with Gasteiger partial charge in [-0.15, -0.1) is 0 Å². The van der Waals surface area contributed by atoms with Gasteiger partial charge in [-0.2, -0.15) is 0 Å². The number of carbonyl (C=O) groups is 1. The number of rotatable bonds is 7. The molecule has 0 aromatic heterocycles. The summed E-state index contributed by atoms with van der Waals surface area (Å²) < 4.78 is 39.8. The second-order valence-electron chi connectivity index (χ2n) is 7.41. The van der Waals surface area contributed by atoms with Gasteiger partial charge >= 0.3 is 6.03 Å². The van der Waals surface area contributed by atoms with Gasteiger partial charge in [0.2, 0.25) is 0 Å². The van der Waals surface area contributed by atoms with Crippen LogP contribution < -0.4 is 15.4 Å². The van der Waals surface area contributed by atoms with Crippen LogP contribution in [-0.4, -0.2) is 57.4 Å². The number of carbonyl (C=O) groups excluding carboxylic acids is 1. The molecule has 6 nitrogen and oxygen atoms in total. The number of piperidine rings is 1. The quantitative estimate of drug-likeness (QED) is 0.657. The third-order valence-electron chi connectivity index (χ3n) is 5.39. The molecule has 0 aliphatic carbocycles. The lowest BCUT2D eigenvalue weighted by Crippen LogP contribution is -2.51. The number of benzene rings is 2. The smallest absolute Gasteiger partial charge is 0.319 e. The Morgan fingerprint density at radius 3 is 2.48 bits per heavy atom. The van der Waals surface area contributed by atoms with Crippen LogP contribution in [0.3, 0.4) is 0 Å². The van der Waals surface area contributed by atoms with Gasteiger partial charge in [0.1, 0.15) is 17.4 Å². The van der Waals surface area contributed by atoms with Crippen LogP contribution in [0.2, 0.25) is 5.02 Å². The largest absolute Gasteiger partial charge is 0.497 e. The number of amides is 2. The zero-order chi connectivity index (χ0) is 22.4. The zero-order valence-corrected chi connectivity index (χ0v) is 18.2. The third kappa shape index (κ3) is 6.06. The molecular weight excluding hydrogens is 428 g/mol. The van der Waals surface area contributed by atoms with Crippen molar-refractivity contribution in [2.24, 2.45) is 0 Å². The SMILES string of the molecule is COCCN1CC[C@@H](NC(=O)Nc2ccc(Cl)cc2)[C@H](c2c(F)cc(OC)cc2F)C1. The molecule has 3 rings (SSSR count). The number of ether oxygens (including phenoxy) is 2. The van der Waals surface area contributed by atoms with E-state index in [1.54, 1.807) is 31.4 Å². The van der Waals surface area contributed by atoms with Crippen LogP contribution in [-0.2, 0) is 4.74 Å². The van der Waals surface area contributed by atoms with E-state index in [2.05, 4.69) is 15.5 Å². The molecule has 0 bridgehead atoms. The normalized spacial score (nSPS) is 19.1. The topological polar surface area (TPSA) is 62.8 Å². The van der Waals surface area contributed by atoms with Crippen molar-refractivity contribution in [2.45, 2.75) is 18.4 Å². The highest BCUT2D eigenvalue weighted by Crippen LogP contribution is 2.33. The van der Waals surface area contributed by atoms with Gasteiger partial charge in [-0.3, -0.25) is 0 Å². The molecule has 1 saturated heterocycles. The summed E-state index contributed by atoms with van der Waals surface area (Å²) in [6.07, 6.45) is 0.535. The summed E-state index contributed by atoms with van der Waals surface area (Å²) in [6.45, 7) is 2.20. The van der Waals surface area contributed by atoms with E-state index in [9.17, 15) is 13.6 Å². The molecule has 1 fully saturated rings. The highest BCUT2D eigenvalue weighted by molar-refractivity contribution is 6.30. The van der Waals surface area contributed by atoms with Crippen molar-refractivity contribution < 1.29 is 23.0 Å². The second-order valence-corrected chi connectivity index (χ2v) is 7.84. The maximum Gasteiger partial charge on any atom is 0.319 e. The number of halogens is 3. The molecule has 0 radical (unpaired) electrons. The Balaban J connectivity index is 1.80. The summed E-state index contributed by atoms with van der Waals surface area (Å²) in [7, 11) is 2.96. The number of likely N-dealkylation sites (tertiary alicyclic amines) is 1. The first-order valence-electron chi connectivity index (χ1n) is 9.98. The van der Waals surface area contributed by atoms with Crippen LogP contribution in [0.25, 0.3) is 0 Å². The van der Waals surface area contributed by atoms with Gasteiger partial charge in [-0.25, -0.2) is 13.6 Å². The van der Waals surface area contributed by atoms with Crippen molar-refractivity contribution >= 4 is 23.3 Å². The minimum atomic E-state index is -0.694. The molecule has 0 saturated carbocycles. The first-order chi connectivity index (χ1) is 14.9. The fraction of sp³-hybridized carbons (Fsp3) is 0.409. The van der Waals surface area contributed by atoms with E-state index in [0.717, 1.165) is 12.1 Å². The van der Waals surface area contributed by atoms with E-state index in [0.29, 0.717) is 43.4 Å². The van der Waals surface area contributed by atoms with Crippen molar-refractivity contribution in [2.75, 3.05) is 45.8 Å². The average molecular weight is 454 g/mol. The molecule has 31 heavy (non-hydrogen) atoms. The summed E-state index contributed by atoms with van der Waals surface area (Å²) in [4.78, 5) is 14.6. The van der Waals surface area contributed by atoms with Crippen molar-refractivity contribution in [3.63, 3.8) is 0 Å². The molecule has 2 amide bonds. The Morgan fingerprint density at radius 2 is 1.87 bits per heavy atom. The third-order valence-corrected chi connectivity index (χ3v) is 5.64. The average Bonchev–Trinajstić information content (AvgIpc) is 2.74. The van der Waals surface area contributed by atoms with Crippen LogP contribution in [0.5, 0.6) is 5.75 Å². The summed E-state index contributed by atoms with van der Waals surface area (Å²) in [5.41, 5.74) is 0.512. The predicted octanol–water partition coefficient (Wildman–Crippen LogP) is 4.25. The highest BCUT2D eigenvalue weighted by atomic mass is 35.5. The van der Waals surface area contributed by atoms with Gasteiger partial charge in [0.15, 0.2) is 0 Å². The van der Waals surface area contributed by atoms with Crippen LogP contribution in [0, 0.1) is 11.6 Å². The van der Waals surface area contributed by atoms with E-state index in [1.807, 2.05) is 0 Å². The molecule has 1 aliphatic heterocycles. The van der Waals surface area contributed by atoms with E-state index >= 15 is 0 Å². The van der Waals surface area contributed by atoms with Crippen molar-refractivity contribution in [1.82, 2.24) is 10.2 Å². The molecule has 2 aromatic carbocycles. The molecule has 1 aliphatic rings. The molecule has 2 aromatic rings.